The summed E-state index contributed by atoms with van der Waals surface area (Å²) >= 11 is 6.30. The van der Waals surface area contributed by atoms with Gasteiger partial charge in [0, 0.05) is 25.2 Å². The number of hydrogen-bond donors (Lipinski definition) is 0. The second-order valence-corrected chi connectivity index (χ2v) is 5.62. The smallest absolute Gasteiger partial charge is 0.271 e. The molecule has 5 nitrogen and oxygen atoms in total. The van der Waals surface area contributed by atoms with Gasteiger partial charge in [0.2, 0.25) is 0 Å². The molecule has 0 radical (unpaired) electrons. The first-order valence-corrected chi connectivity index (χ1v) is 7.17. The number of non-ortho nitro benzene ring substituents is 1. The minimum Gasteiger partial charge on any atom is -0.372 e. The summed E-state index contributed by atoms with van der Waals surface area (Å²) in [6.07, 6.45) is 0.945. The van der Waals surface area contributed by atoms with Gasteiger partial charge < -0.3 is 9.64 Å². The predicted molar refractivity (Wildman–Crippen MR) is 79.7 cm³/mol. The van der Waals surface area contributed by atoms with Crippen molar-refractivity contribution in [3.8, 4) is 0 Å². The number of morpholine rings is 1. The third-order valence-corrected chi connectivity index (χ3v) is 3.74. The highest BCUT2D eigenvalue weighted by atomic mass is 35.5. The first kappa shape index (κ1) is 15.1. The van der Waals surface area contributed by atoms with E-state index in [0.717, 1.165) is 24.3 Å². The van der Waals surface area contributed by atoms with Gasteiger partial charge in [0.25, 0.3) is 5.69 Å². The van der Waals surface area contributed by atoms with Crippen LogP contribution >= 0.6 is 11.6 Å². The van der Waals surface area contributed by atoms with Gasteiger partial charge in [-0.3, -0.25) is 10.1 Å². The van der Waals surface area contributed by atoms with E-state index in [1.165, 1.54) is 6.07 Å². The maximum Gasteiger partial charge on any atom is 0.271 e. The van der Waals surface area contributed by atoms with Crippen LogP contribution in [0.2, 0.25) is 5.02 Å². The maximum absolute atomic E-state index is 10.9. The lowest BCUT2D eigenvalue weighted by Crippen LogP contribution is -2.46. The van der Waals surface area contributed by atoms with Crippen molar-refractivity contribution in [2.24, 2.45) is 0 Å². The molecule has 0 N–H and O–H groups in total. The highest BCUT2D eigenvalue weighted by Crippen LogP contribution is 2.36. The molecule has 1 saturated heterocycles. The SMILES string of the molecule is CCc1cc([N+](=O)[O-])cc(Cl)c1N1C[C@@H](C)O[C@H](C)C1. The molecule has 1 aromatic rings. The van der Waals surface area contributed by atoms with Crippen LogP contribution in [-0.2, 0) is 11.2 Å². The van der Waals surface area contributed by atoms with Gasteiger partial charge in [-0.15, -0.1) is 0 Å². The lowest BCUT2D eigenvalue weighted by atomic mass is 10.1. The standard InChI is InChI=1S/C14H19ClN2O3/c1-4-11-5-12(17(18)19)6-13(15)14(11)16-7-9(2)20-10(3)8-16/h5-6,9-10H,4,7-8H2,1-3H3/t9-,10-/m1/s1. The van der Waals surface area contributed by atoms with Crippen molar-refractivity contribution >= 4 is 23.0 Å². The largest absolute Gasteiger partial charge is 0.372 e. The molecule has 0 saturated carbocycles. The normalized spacial score (nSPS) is 22.9. The third-order valence-electron chi connectivity index (χ3n) is 3.45. The van der Waals surface area contributed by atoms with E-state index in [1.807, 2.05) is 20.8 Å². The molecule has 110 valence electrons. The lowest BCUT2D eigenvalue weighted by molar-refractivity contribution is -0.384. The Hall–Kier alpha value is -1.33. The first-order chi connectivity index (χ1) is 9.42. The van der Waals surface area contributed by atoms with Crippen LogP contribution in [0.25, 0.3) is 0 Å². The van der Waals surface area contributed by atoms with E-state index >= 15 is 0 Å². The van der Waals surface area contributed by atoms with Gasteiger partial charge in [-0.25, -0.2) is 0 Å². The summed E-state index contributed by atoms with van der Waals surface area (Å²) in [5.74, 6) is 0. The van der Waals surface area contributed by atoms with E-state index in [2.05, 4.69) is 4.90 Å². The molecule has 1 aromatic carbocycles. The number of hydrogen-bond acceptors (Lipinski definition) is 4. The van der Waals surface area contributed by atoms with E-state index < -0.39 is 4.92 Å². The van der Waals surface area contributed by atoms with Crippen molar-refractivity contribution in [1.82, 2.24) is 0 Å². The zero-order chi connectivity index (χ0) is 14.9. The van der Waals surface area contributed by atoms with Crippen LogP contribution in [0, 0.1) is 10.1 Å². The van der Waals surface area contributed by atoms with Gasteiger partial charge in [0.05, 0.1) is 27.8 Å². The molecule has 1 aliphatic heterocycles. The number of halogens is 1. The molecule has 2 atom stereocenters. The number of aryl methyl sites for hydroxylation is 1. The molecule has 2 rings (SSSR count). The van der Waals surface area contributed by atoms with Crippen molar-refractivity contribution in [3.63, 3.8) is 0 Å². The fraction of sp³-hybridized carbons (Fsp3) is 0.571. The Bertz CT molecular complexity index is 511. The number of nitro benzene ring substituents is 1. The van der Waals surface area contributed by atoms with Crippen LogP contribution in [0.3, 0.4) is 0 Å². The van der Waals surface area contributed by atoms with Crippen molar-refractivity contribution < 1.29 is 9.66 Å². The molecule has 1 aliphatic rings. The Morgan fingerprint density at radius 3 is 2.50 bits per heavy atom. The Kier molecular flexibility index (Phi) is 4.50. The second-order valence-electron chi connectivity index (χ2n) is 5.21. The lowest BCUT2D eigenvalue weighted by Gasteiger charge is -2.38. The number of benzene rings is 1. The average molecular weight is 299 g/mol. The minimum absolute atomic E-state index is 0.0463. The number of nitrogens with zero attached hydrogens (tertiary/aromatic N) is 2. The molecule has 0 amide bonds. The van der Waals surface area contributed by atoms with Gasteiger partial charge in [-0.1, -0.05) is 18.5 Å². The summed E-state index contributed by atoms with van der Waals surface area (Å²) < 4.78 is 5.72. The van der Waals surface area contributed by atoms with E-state index in [0.29, 0.717) is 11.4 Å². The highest BCUT2D eigenvalue weighted by molar-refractivity contribution is 6.33. The topological polar surface area (TPSA) is 55.6 Å². The quantitative estimate of drug-likeness (QED) is 0.634. The monoisotopic (exact) mass is 298 g/mol. The van der Waals surface area contributed by atoms with Gasteiger partial charge in [-0.05, 0) is 25.8 Å². The van der Waals surface area contributed by atoms with Crippen molar-refractivity contribution in [1.29, 1.82) is 0 Å². The fourth-order valence-electron chi connectivity index (χ4n) is 2.73. The average Bonchev–Trinajstić information content (AvgIpc) is 2.36. The van der Waals surface area contributed by atoms with Crippen LogP contribution in [-0.4, -0.2) is 30.2 Å². The molecule has 6 heteroatoms. The third kappa shape index (κ3) is 3.04. The van der Waals surface area contributed by atoms with Crippen LogP contribution in [0.4, 0.5) is 11.4 Å². The molecule has 0 aliphatic carbocycles. The molecular formula is C14H19ClN2O3. The van der Waals surface area contributed by atoms with Crippen LogP contribution in [0.1, 0.15) is 26.3 Å². The van der Waals surface area contributed by atoms with Crippen molar-refractivity contribution in [3.05, 3.63) is 32.8 Å². The number of rotatable bonds is 3. The van der Waals surface area contributed by atoms with Gasteiger partial charge >= 0.3 is 0 Å². The van der Waals surface area contributed by atoms with Crippen molar-refractivity contribution in [2.45, 2.75) is 39.4 Å². The Balaban J connectivity index is 2.42. The van der Waals surface area contributed by atoms with Crippen LogP contribution < -0.4 is 4.90 Å². The van der Waals surface area contributed by atoms with Gasteiger partial charge in [0.15, 0.2) is 0 Å². The number of nitro groups is 1. The summed E-state index contributed by atoms with van der Waals surface area (Å²) in [5, 5.41) is 11.4. The van der Waals surface area contributed by atoms with E-state index in [9.17, 15) is 10.1 Å². The molecule has 0 spiro atoms. The Morgan fingerprint density at radius 2 is 2.00 bits per heavy atom. The predicted octanol–water partition coefficient (Wildman–Crippen LogP) is 3.42. The Morgan fingerprint density at radius 1 is 1.40 bits per heavy atom. The number of anilines is 1. The van der Waals surface area contributed by atoms with Crippen LogP contribution in [0.15, 0.2) is 12.1 Å². The summed E-state index contributed by atoms with van der Waals surface area (Å²) in [6, 6.07) is 3.05. The number of ether oxygens (including phenoxy) is 1. The second kappa shape index (κ2) is 5.97. The zero-order valence-corrected chi connectivity index (χ0v) is 12.7. The van der Waals surface area contributed by atoms with Gasteiger partial charge in [-0.2, -0.15) is 0 Å². The molecule has 0 aromatic heterocycles. The molecule has 0 unspecified atom stereocenters. The zero-order valence-electron chi connectivity index (χ0n) is 11.9. The molecule has 0 bridgehead atoms. The maximum atomic E-state index is 10.9. The molecule has 20 heavy (non-hydrogen) atoms. The molecule has 1 fully saturated rings. The van der Waals surface area contributed by atoms with Gasteiger partial charge in [0.1, 0.15) is 0 Å². The molecule has 1 heterocycles. The van der Waals surface area contributed by atoms with Crippen LogP contribution in [0.5, 0.6) is 0 Å². The minimum atomic E-state index is -0.403. The summed E-state index contributed by atoms with van der Waals surface area (Å²) in [6.45, 7) is 7.51. The summed E-state index contributed by atoms with van der Waals surface area (Å²) in [5.41, 5.74) is 1.86. The highest BCUT2D eigenvalue weighted by Gasteiger charge is 2.26. The first-order valence-electron chi connectivity index (χ1n) is 6.79. The Labute approximate surface area is 123 Å². The molecular weight excluding hydrogens is 280 g/mol. The van der Waals surface area contributed by atoms with E-state index in [1.54, 1.807) is 6.07 Å². The van der Waals surface area contributed by atoms with Crippen molar-refractivity contribution in [2.75, 3.05) is 18.0 Å². The fourth-order valence-corrected chi connectivity index (χ4v) is 3.08. The van der Waals surface area contributed by atoms with E-state index in [4.69, 9.17) is 16.3 Å². The summed E-state index contributed by atoms with van der Waals surface area (Å²) in [4.78, 5) is 12.7. The summed E-state index contributed by atoms with van der Waals surface area (Å²) in [7, 11) is 0. The van der Waals surface area contributed by atoms with E-state index in [-0.39, 0.29) is 17.9 Å².